The summed E-state index contributed by atoms with van der Waals surface area (Å²) >= 11 is 0. The second-order valence-electron chi connectivity index (χ2n) is 6.47. The maximum absolute atomic E-state index is 12.8. The Balaban J connectivity index is 2.01. The van der Waals surface area contributed by atoms with Gasteiger partial charge in [0, 0.05) is 12.1 Å². The van der Waals surface area contributed by atoms with E-state index in [9.17, 15) is 9.59 Å². The van der Waals surface area contributed by atoms with Gasteiger partial charge in [-0.15, -0.1) is 0 Å². The van der Waals surface area contributed by atoms with Crippen LogP contribution in [0.5, 0.6) is 0 Å². The Morgan fingerprint density at radius 2 is 1.65 bits per heavy atom. The largest absolute Gasteiger partial charge is 0.282 e. The highest BCUT2D eigenvalue weighted by Gasteiger charge is 2.41. The van der Waals surface area contributed by atoms with Crippen molar-refractivity contribution in [3.63, 3.8) is 0 Å². The molecule has 0 saturated heterocycles. The third kappa shape index (κ3) is 2.28. The van der Waals surface area contributed by atoms with Crippen LogP contribution in [0.1, 0.15) is 38.9 Å². The van der Waals surface area contributed by atoms with Gasteiger partial charge in [0.15, 0.2) is 5.69 Å². The molecule has 2 amide bonds. The predicted octanol–water partition coefficient (Wildman–Crippen LogP) is 3.77. The van der Waals surface area contributed by atoms with Crippen molar-refractivity contribution in [2.24, 2.45) is 0 Å². The summed E-state index contributed by atoms with van der Waals surface area (Å²) in [6, 6.07) is 15.6. The molecule has 0 saturated carbocycles. The number of carbonyl (C=O) groups excluding carboxylic acids is 2. The van der Waals surface area contributed by atoms with Crippen LogP contribution in [0.4, 0.5) is 0 Å². The van der Waals surface area contributed by atoms with E-state index in [1.165, 1.54) is 10.5 Å². The lowest BCUT2D eigenvalue weighted by Crippen LogP contribution is -2.30. The van der Waals surface area contributed by atoms with E-state index in [0.717, 1.165) is 16.8 Å². The summed E-state index contributed by atoms with van der Waals surface area (Å²) in [5.41, 5.74) is 5.29. The molecule has 0 spiro atoms. The molecule has 2 heterocycles. The monoisotopic (exact) mass is 345 g/mol. The quantitative estimate of drug-likeness (QED) is 0.679. The van der Waals surface area contributed by atoms with Gasteiger partial charge in [-0.25, -0.2) is 4.68 Å². The van der Waals surface area contributed by atoms with E-state index in [0.29, 0.717) is 17.8 Å². The minimum absolute atomic E-state index is 0.230. The molecule has 2 aromatic carbocycles. The summed E-state index contributed by atoms with van der Waals surface area (Å²) < 4.78 is 1.72. The smallest absolute Gasteiger partial charge is 0.273 e. The number of rotatable bonds is 3. The molecular weight excluding hydrogens is 326 g/mol. The molecule has 26 heavy (non-hydrogen) atoms. The molecule has 0 unspecified atom stereocenters. The molecule has 1 aliphatic heterocycles. The molecule has 0 atom stereocenters. The van der Waals surface area contributed by atoms with E-state index in [-0.39, 0.29) is 17.5 Å². The SMILES string of the molecule is CCN1C(=O)c2nn(-c3ccc(C)c(C)c3)c(-c3ccccc3)c2C1=O. The first-order valence-corrected chi connectivity index (χ1v) is 8.65. The van der Waals surface area contributed by atoms with Crippen LogP contribution in [0.25, 0.3) is 16.9 Å². The third-order valence-corrected chi connectivity index (χ3v) is 4.89. The molecule has 0 bridgehead atoms. The number of hydrogen-bond acceptors (Lipinski definition) is 3. The Bertz CT molecular complexity index is 1030. The van der Waals surface area contributed by atoms with Crippen LogP contribution >= 0.6 is 0 Å². The summed E-state index contributed by atoms with van der Waals surface area (Å²) in [5.74, 6) is -0.603. The summed E-state index contributed by atoms with van der Waals surface area (Å²) in [6.07, 6.45) is 0. The molecule has 0 aliphatic carbocycles. The van der Waals surface area contributed by atoms with Crippen LogP contribution < -0.4 is 0 Å². The summed E-state index contributed by atoms with van der Waals surface area (Å²) in [7, 11) is 0. The second kappa shape index (κ2) is 5.95. The number of nitrogens with zero attached hydrogens (tertiary/aromatic N) is 3. The lowest BCUT2D eigenvalue weighted by molar-refractivity contribution is 0.0659. The summed E-state index contributed by atoms with van der Waals surface area (Å²) in [5, 5.41) is 4.54. The normalized spacial score (nSPS) is 13.4. The Labute approximate surface area is 151 Å². The first-order valence-electron chi connectivity index (χ1n) is 8.65. The molecule has 5 nitrogen and oxygen atoms in total. The molecule has 0 fully saturated rings. The number of carbonyl (C=O) groups is 2. The first kappa shape index (κ1) is 16.3. The van der Waals surface area contributed by atoms with E-state index in [1.807, 2.05) is 62.4 Å². The fourth-order valence-electron chi connectivity index (χ4n) is 3.32. The maximum atomic E-state index is 12.8. The number of fused-ring (bicyclic) bond motifs is 1. The van der Waals surface area contributed by atoms with E-state index < -0.39 is 0 Å². The van der Waals surface area contributed by atoms with Gasteiger partial charge >= 0.3 is 0 Å². The van der Waals surface area contributed by atoms with E-state index in [1.54, 1.807) is 11.6 Å². The molecule has 3 aromatic rings. The van der Waals surface area contributed by atoms with Crippen molar-refractivity contribution >= 4 is 11.8 Å². The van der Waals surface area contributed by atoms with Crippen molar-refractivity contribution in [1.82, 2.24) is 14.7 Å². The fraction of sp³-hybridized carbons (Fsp3) is 0.190. The van der Waals surface area contributed by atoms with Crippen LogP contribution in [-0.2, 0) is 0 Å². The zero-order valence-corrected chi connectivity index (χ0v) is 15.0. The highest BCUT2D eigenvalue weighted by Crippen LogP contribution is 2.34. The minimum atomic E-state index is -0.327. The maximum Gasteiger partial charge on any atom is 0.282 e. The highest BCUT2D eigenvalue weighted by atomic mass is 16.2. The number of benzene rings is 2. The average molecular weight is 345 g/mol. The number of amides is 2. The Hall–Kier alpha value is -3.21. The number of hydrogen-bond donors (Lipinski definition) is 0. The van der Waals surface area contributed by atoms with Gasteiger partial charge < -0.3 is 0 Å². The van der Waals surface area contributed by atoms with Crippen molar-refractivity contribution in [3.8, 4) is 16.9 Å². The molecule has 0 radical (unpaired) electrons. The third-order valence-electron chi connectivity index (χ3n) is 4.89. The van der Waals surface area contributed by atoms with Gasteiger partial charge in [-0.2, -0.15) is 5.10 Å². The van der Waals surface area contributed by atoms with Gasteiger partial charge in [0.1, 0.15) is 0 Å². The average Bonchev–Trinajstić information content (AvgIpc) is 3.15. The zero-order chi connectivity index (χ0) is 18.4. The Morgan fingerprint density at radius 3 is 2.31 bits per heavy atom. The van der Waals surface area contributed by atoms with Crippen LogP contribution in [0.15, 0.2) is 48.5 Å². The highest BCUT2D eigenvalue weighted by molar-refractivity contribution is 6.23. The molecule has 1 aliphatic rings. The second-order valence-corrected chi connectivity index (χ2v) is 6.47. The van der Waals surface area contributed by atoms with Gasteiger partial charge in [0.05, 0.1) is 16.9 Å². The first-order chi connectivity index (χ1) is 12.5. The van der Waals surface area contributed by atoms with Gasteiger partial charge in [0.25, 0.3) is 11.8 Å². The lowest BCUT2D eigenvalue weighted by Gasteiger charge is -2.14. The van der Waals surface area contributed by atoms with E-state index in [2.05, 4.69) is 5.10 Å². The molecule has 1 aromatic heterocycles. The van der Waals surface area contributed by atoms with Crippen molar-refractivity contribution < 1.29 is 9.59 Å². The van der Waals surface area contributed by atoms with Gasteiger partial charge in [-0.05, 0) is 44.0 Å². The van der Waals surface area contributed by atoms with Crippen LogP contribution in [0.3, 0.4) is 0 Å². The van der Waals surface area contributed by atoms with Crippen molar-refractivity contribution in [1.29, 1.82) is 0 Å². The van der Waals surface area contributed by atoms with E-state index in [4.69, 9.17) is 0 Å². The molecule has 5 heteroatoms. The topological polar surface area (TPSA) is 55.2 Å². The van der Waals surface area contributed by atoms with Gasteiger partial charge in [-0.3, -0.25) is 14.5 Å². The molecule has 130 valence electrons. The number of aryl methyl sites for hydroxylation is 2. The predicted molar refractivity (Wildman–Crippen MR) is 99.5 cm³/mol. The molecular formula is C21H19N3O2. The van der Waals surface area contributed by atoms with Crippen molar-refractivity contribution in [2.75, 3.05) is 6.54 Å². The molecule has 0 N–H and O–H groups in total. The lowest BCUT2D eigenvalue weighted by atomic mass is 10.1. The Kier molecular flexibility index (Phi) is 3.72. The summed E-state index contributed by atoms with van der Waals surface area (Å²) in [4.78, 5) is 26.7. The van der Waals surface area contributed by atoms with Crippen LogP contribution in [0.2, 0.25) is 0 Å². The minimum Gasteiger partial charge on any atom is -0.273 e. The number of imide groups is 1. The van der Waals surface area contributed by atoms with Crippen molar-refractivity contribution in [3.05, 3.63) is 70.9 Å². The summed E-state index contributed by atoms with van der Waals surface area (Å²) in [6.45, 7) is 6.22. The molecule has 4 rings (SSSR count). The number of aromatic nitrogens is 2. The van der Waals surface area contributed by atoms with Crippen LogP contribution in [0, 0.1) is 13.8 Å². The van der Waals surface area contributed by atoms with Crippen LogP contribution in [-0.4, -0.2) is 33.0 Å². The Morgan fingerprint density at radius 1 is 0.923 bits per heavy atom. The zero-order valence-electron chi connectivity index (χ0n) is 15.0. The van der Waals surface area contributed by atoms with Gasteiger partial charge in [0.2, 0.25) is 0 Å². The van der Waals surface area contributed by atoms with Crippen molar-refractivity contribution in [2.45, 2.75) is 20.8 Å². The van der Waals surface area contributed by atoms with Gasteiger partial charge in [-0.1, -0.05) is 36.4 Å². The fourth-order valence-corrected chi connectivity index (χ4v) is 3.32. The van der Waals surface area contributed by atoms with E-state index >= 15 is 0 Å². The standard InChI is InChI=1S/C21H19N3O2/c1-4-23-20(25)17-18(21(23)26)22-24(16-11-10-13(2)14(3)12-16)19(17)15-8-6-5-7-9-15/h5-12H,4H2,1-3H3.